The van der Waals surface area contributed by atoms with Gasteiger partial charge >= 0.3 is 0 Å². The standard InChI is InChI=1S/C15H33N/c1-8-11-15(6,7)12-14(9-2)16(10-3)13(4)5/h13-14H,8-12H2,1-7H3. The zero-order valence-corrected chi connectivity index (χ0v) is 12.6. The molecule has 0 aromatic carbocycles. The van der Waals surface area contributed by atoms with Gasteiger partial charge in [0.1, 0.15) is 0 Å². The molecule has 0 radical (unpaired) electrons. The fraction of sp³-hybridized carbons (Fsp3) is 1.00. The molecule has 0 fully saturated rings. The molecule has 1 atom stereocenters. The van der Waals surface area contributed by atoms with Crippen molar-refractivity contribution in [2.24, 2.45) is 5.41 Å². The van der Waals surface area contributed by atoms with Crippen molar-refractivity contribution in [3.63, 3.8) is 0 Å². The summed E-state index contributed by atoms with van der Waals surface area (Å²) in [5, 5.41) is 0. The van der Waals surface area contributed by atoms with E-state index in [-0.39, 0.29) is 0 Å². The lowest BCUT2D eigenvalue weighted by molar-refractivity contribution is 0.109. The molecule has 0 N–H and O–H groups in total. The van der Waals surface area contributed by atoms with Gasteiger partial charge in [-0.25, -0.2) is 0 Å². The highest BCUT2D eigenvalue weighted by atomic mass is 15.2. The highest BCUT2D eigenvalue weighted by Gasteiger charge is 2.26. The van der Waals surface area contributed by atoms with Crippen LogP contribution in [0.15, 0.2) is 0 Å². The van der Waals surface area contributed by atoms with E-state index in [1.165, 1.54) is 32.2 Å². The summed E-state index contributed by atoms with van der Waals surface area (Å²) >= 11 is 0. The van der Waals surface area contributed by atoms with Gasteiger partial charge in [-0.2, -0.15) is 0 Å². The lowest BCUT2D eigenvalue weighted by atomic mass is 9.80. The Morgan fingerprint density at radius 1 is 1.06 bits per heavy atom. The van der Waals surface area contributed by atoms with E-state index in [4.69, 9.17) is 0 Å². The van der Waals surface area contributed by atoms with E-state index >= 15 is 0 Å². The van der Waals surface area contributed by atoms with Crippen LogP contribution in [0, 0.1) is 5.41 Å². The zero-order chi connectivity index (χ0) is 12.8. The molecule has 0 saturated carbocycles. The molecule has 0 rings (SSSR count). The number of rotatable bonds is 8. The Kier molecular flexibility index (Phi) is 7.30. The van der Waals surface area contributed by atoms with Crippen LogP contribution in [0.4, 0.5) is 0 Å². The van der Waals surface area contributed by atoms with Crippen LogP contribution in [0.2, 0.25) is 0 Å². The Labute approximate surface area is 104 Å². The molecule has 0 aliphatic rings. The number of nitrogens with zero attached hydrogens (tertiary/aromatic N) is 1. The van der Waals surface area contributed by atoms with Gasteiger partial charge in [0.25, 0.3) is 0 Å². The average Bonchev–Trinajstić information content (AvgIpc) is 2.16. The van der Waals surface area contributed by atoms with E-state index in [1.807, 2.05) is 0 Å². The minimum Gasteiger partial charge on any atom is -0.298 e. The van der Waals surface area contributed by atoms with Crippen LogP contribution >= 0.6 is 0 Å². The molecule has 1 unspecified atom stereocenters. The average molecular weight is 227 g/mol. The summed E-state index contributed by atoms with van der Waals surface area (Å²) in [6.45, 7) is 17.6. The normalized spacial score (nSPS) is 14.8. The van der Waals surface area contributed by atoms with Crippen LogP contribution in [0.3, 0.4) is 0 Å². The third-order valence-electron chi connectivity index (χ3n) is 3.68. The molecule has 16 heavy (non-hydrogen) atoms. The lowest BCUT2D eigenvalue weighted by Crippen LogP contribution is -2.42. The molecule has 1 nitrogen and oxygen atoms in total. The van der Waals surface area contributed by atoms with Crippen molar-refractivity contribution in [1.29, 1.82) is 0 Å². The van der Waals surface area contributed by atoms with E-state index in [2.05, 4.69) is 53.4 Å². The molecular weight excluding hydrogens is 194 g/mol. The molecule has 0 aliphatic carbocycles. The summed E-state index contributed by atoms with van der Waals surface area (Å²) in [6, 6.07) is 1.43. The fourth-order valence-electron chi connectivity index (χ4n) is 2.96. The molecule has 0 spiro atoms. The van der Waals surface area contributed by atoms with Gasteiger partial charge in [0, 0.05) is 12.1 Å². The van der Waals surface area contributed by atoms with Crippen molar-refractivity contribution in [2.45, 2.75) is 86.2 Å². The van der Waals surface area contributed by atoms with Crippen LogP contribution in [-0.2, 0) is 0 Å². The fourth-order valence-corrected chi connectivity index (χ4v) is 2.96. The van der Waals surface area contributed by atoms with Gasteiger partial charge in [-0.15, -0.1) is 0 Å². The van der Waals surface area contributed by atoms with Crippen molar-refractivity contribution in [3.05, 3.63) is 0 Å². The van der Waals surface area contributed by atoms with Crippen LogP contribution < -0.4 is 0 Å². The maximum atomic E-state index is 2.65. The summed E-state index contributed by atoms with van der Waals surface area (Å²) in [4.78, 5) is 2.65. The maximum Gasteiger partial charge on any atom is 0.0100 e. The number of hydrogen-bond donors (Lipinski definition) is 0. The minimum atomic E-state index is 0.498. The zero-order valence-electron chi connectivity index (χ0n) is 12.6. The Morgan fingerprint density at radius 3 is 1.94 bits per heavy atom. The first-order valence-corrected chi connectivity index (χ1v) is 7.13. The van der Waals surface area contributed by atoms with Gasteiger partial charge in [0.05, 0.1) is 0 Å². The van der Waals surface area contributed by atoms with Crippen LogP contribution in [0.1, 0.15) is 74.1 Å². The van der Waals surface area contributed by atoms with Crippen LogP contribution in [0.25, 0.3) is 0 Å². The first-order chi connectivity index (χ1) is 7.37. The molecule has 0 aromatic rings. The largest absolute Gasteiger partial charge is 0.298 e. The SMILES string of the molecule is CCCC(C)(C)CC(CC)N(CC)C(C)C. The summed E-state index contributed by atoms with van der Waals surface area (Å²) in [5.41, 5.74) is 0.498. The second-order valence-electron chi connectivity index (χ2n) is 6.10. The van der Waals surface area contributed by atoms with Gasteiger partial charge in [-0.05, 0) is 45.1 Å². The molecule has 0 heterocycles. The molecule has 1 heteroatoms. The molecule has 0 amide bonds. The summed E-state index contributed by atoms with van der Waals surface area (Å²) in [6.07, 6.45) is 5.26. The maximum absolute atomic E-state index is 2.65. The van der Waals surface area contributed by atoms with E-state index in [9.17, 15) is 0 Å². The van der Waals surface area contributed by atoms with Gasteiger partial charge in [-0.1, -0.05) is 41.0 Å². The predicted molar refractivity (Wildman–Crippen MR) is 74.9 cm³/mol. The van der Waals surface area contributed by atoms with Crippen molar-refractivity contribution in [1.82, 2.24) is 4.90 Å². The van der Waals surface area contributed by atoms with E-state index in [0.717, 1.165) is 6.04 Å². The van der Waals surface area contributed by atoms with Gasteiger partial charge in [0.2, 0.25) is 0 Å². The monoisotopic (exact) mass is 227 g/mol. The molecule has 0 aliphatic heterocycles. The second kappa shape index (κ2) is 7.32. The van der Waals surface area contributed by atoms with Gasteiger partial charge in [-0.3, -0.25) is 4.90 Å². The Balaban J connectivity index is 4.48. The quantitative estimate of drug-likeness (QED) is 0.580. The first-order valence-electron chi connectivity index (χ1n) is 7.13. The summed E-state index contributed by atoms with van der Waals surface area (Å²) < 4.78 is 0. The lowest BCUT2D eigenvalue weighted by Gasteiger charge is -2.38. The van der Waals surface area contributed by atoms with Gasteiger partial charge in [0.15, 0.2) is 0 Å². The van der Waals surface area contributed by atoms with Crippen molar-refractivity contribution in [3.8, 4) is 0 Å². The Hall–Kier alpha value is -0.0400. The molecule has 0 aromatic heterocycles. The predicted octanol–water partition coefficient (Wildman–Crippen LogP) is 4.71. The molecule has 0 bridgehead atoms. The Morgan fingerprint density at radius 2 is 1.62 bits per heavy atom. The third-order valence-corrected chi connectivity index (χ3v) is 3.68. The third kappa shape index (κ3) is 5.34. The molecular formula is C15H33N. The topological polar surface area (TPSA) is 3.24 Å². The smallest absolute Gasteiger partial charge is 0.0100 e. The number of hydrogen-bond acceptors (Lipinski definition) is 1. The van der Waals surface area contributed by atoms with Crippen LogP contribution in [-0.4, -0.2) is 23.5 Å². The summed E-state index contributed by atoms with van der Waals surface area (Å²) in [7, 11) is 0. The highest BCUT2D eigenvalue weighted by Crippen LogP contribution is 2.31. The van der Waals surface area contributed by atoms with Crippen LogP contribution in [0.5, 0.6) is 0 Å². The van der Waals surface area contributed by atoms with E-state index in [0.29, 0.717) is 11.5 Å². The van der Waals surface area contributed by atoms with E-state index in [1.54, 1.807) is 0 Å². The molecule has 0 saturated heterocycles. The minimum absolute atomic E-state index is 0.498. The van der Waals surface area contributed by atoms with Gasteiger partial charge < -0.3 is 0 Å². The summed E-state index contributed by atoms with van der Waals surface area (Å²) in [5.74, 6) is 0. The highest BCUT2D eigenvalue weighted by molar-refractivity contribution is 4.80. The first kappa shape index (κ1) is 16.0. The molecule has 98 valence electrons. The van der Waals surface area contributed by atoms with Crippen molar-refractivity contribution >= 4 is 0 Å². The van der Waals surface area contributed by atoms with Crippen molar-refractivity contribution < 1.29 is 0 Å². The second-order valence-corrected chi connectivity index (χ2v) is 6.10. The van der Waals surface area contributed by atoms with Crippen molar-refractivity contribution in [2.75, 3.05) is 6.54 Å². The van der Waals surface area contributed by atoms with E-state index < -0.39 is 0 Å². The Bertz CT molecular complexity index is 172.